The molecule has 0 bridgehead atoms. The molecular formula is C31H39N5O4. The van der Waals surface area contributed by atoms with Gasteiger partial charge in [-0.3, -0.25) is 19.2 Å². The van der Waals surface area contributed by atoms with E-state index < -0.39 is 12.1 Å². The normalized spacial score (nSPS) is 21.5. The van der Waals surface area contributed by atoms with E-state index in [0.29, 0.717) is 24.9 Å². The van der Waals surface area contributed by atoms with E-state index in [1.54, 1.807) is 21.9 Å². The highest BCUT2D eigenvalue weighted by Crippen LogP contribution is 2.31. The number of amides is 3. The number of anilines is 1. The Kier molecular flexibility index (Phi) is 8.49. The lowest BCUT2D eigenvalue weighted by Gasteiger charge is -2.30. The number of benzene rings is 2. The van der Waals surface area contributed by atoms with E-state index in [-0.39, 0.29) is 48.4 Å². The predicted octanol–water partition coefficient (Wildman–Crippen LogP) is 1.86. The minimum Gasteiger partial charge on any atom is -0.369 e. The van der Waals surface area contributed by atoms with Gasteiger partial charge < -0.3 is 25.3 Å². The zero-order valence-electron chi connectivity index (χ0n) is 23.3. The highest BCUT2D eigenvalue weighted by Gasteiger charge is 2.52. The Morgan fingerprint density at radius 2 is 1.65 bits per heavy atom. The lowest BCUT2D eigenvalue weighted by molar-refractivity contribution is -0.138. The van der Waals surface area contributed by atoms with Crippen LogP contribution in [0.25, 0.3) is 0 Å². The van der Waals surface area contributed by atoms with Gasteiger partial charge in [0.1, 0.15) is 12.1 Å². The van der Waals surface area contributed by atoms with Crippen LogP contribution in [0.4, 0.5) is 5.69 Å². The van der Waals surface area contributed by atoms with Crippen LogP contribution < -0.4 is 15.5 Å². The topological polar surface area (TPSA) is 102 Å². The van der Waals surface area contributed by atoms with Gasteiger partial charge in [-0.25, -0.2) is 0 Å². The summed E-state index contributed by atoms with van der Waals surface area (Å²) in [6.45, 7) is 8.12. The van der Waals surface area contributed by atoms with Gasteiger partial charge in [0.15, 0.2) is 5.78 Å². The largest absolute Gasteiger partial charge is 0.369 e. The van der Waals surface area contributed by atoms with Gasteiger partial charge in [-0.2, -0.15) is 0 Å². The number of rotatable bonds is 8. The fourth-order valence-electron chi connectivity index (χ4n) is 6.14. The monoisotopic (exact) mass is 545 g/mol. The number of likely N-dealkylation sites (tertiary alicyclic amines) is 2. The first-order chi connectivity index (χ1) is 19.3. The van der Waals surface area contributed by atoms with Crippen LogP contribution in [0.15, 0.2) is 54.6 Å². The van der Waals surface area contributed by atoms with Crippen molar-refractivity contribution in [2.45, 2.75) is 51.2 Å². The van der Waals surface area contributed by atoms with Gasteiger partial charge in [0.2, 0.25) is 11.8 Å². The van der Waals surface area contributed by atoms with Crippen molar-refractivity contribution in [3.63, 3.8) is 0 Å². The average molecular weight is 546 g/mol. The summed E-state index contributed by atoms with van der Waals surface area (Å²) in [5.41, 5.74) is 2.46. The summed E-state index contributed by atoms with van der Waals surface area (Å²) >= 11 is 0. The molecule has 212 valence electrons. The number of hydrogen-bond donors (Lipinski definition) is 2. The number of hydrogen-bond acceptors (Lipinski definition) is 6. The quantitative estimate of drug-likeness (QED) is 0.525. The van der Waals surface area contributed by atoms with Gasteiger partial charge in [-0.1, -0.05) is 44.2 Å². The van der Waals surface area contributed by atoms with Crippen LogP contribution in [0.2, 0.25) is 0 Å². The SMILES string of the molecule is CC(C)CC(NC(=O)c1ccc(N2CCNCC2)cc1)C(=O)N1CCC2C1C(=O)CN2C(=O)Cc1ccccc1. The number of nitrogens with one attached hydrogen (secondary N) is 2. The fourth-order valence-corrected chi connectivity index (χ4v) is 6.14. The molecule has 3 aliphatic rings. The molecular weight excluding hydrogens is 506 g/mol. The van der Waals surface area contributed by atoms with Crippen molar-refractivity contribution >= 4 is 29.2 Å². The molecule has 2 N–H and O–H groups in total. The van der Waals surface area contributed by atoms with Crippen molar-refractivity contribution in [1.82, 2.24) is 20.4 Å². The summed E-state index contributed by atoms with van der Waals surface area (Å²) in [5, 5.41) is 6.29. The summed E-state index contributed by atoms with van der Waals surface area (Å²) in [6.07, 6.45) is 1.24. The van der Waals surface area contributed by atoms with Crippen molar-refractivity contribution in [3.8, 4) is 0 Å². The molecule has 3 aliphatic heterocycles. The molecule has 2 aromatic carbocycles. The van der Waals surface area contributed by atoms with Crippen molar-refractivity contribution in [2.75, 3.05) is 44.2 Å². The number of carbonyl (C=O) groups excluding carboxylic acids is 4. The van der Waals surface area contributed by atoms with Gasteiger partial charge >= 0.3 is 0 Å². The minimum absolute atomic E-state index is 0.0193. The Labute approximate surface area is 235 Å². The first-order valence-electron chi connectivity index (χ1n) is 14.3. The van der Waals surface area contributed by atoms with Gasteiger partial charge in [0.25, 0.3) is 5.91 Å². The highest BCUT2D eigenvalue weighted by atomic mass is 16.2. The number of ketones is 1. The molecule has 9 nitrogen and oxygen atoms in total. The van der Waals surface area contributed by atoms with Gasteiger partial charge in [0.05, 0.1) is 19.0 Å². The molecule has 3 saturated heterocycles. The van der Waals surface area contributed by atoms with Crippen molar-refractivity contribution in [3.05, 3.63) is 65.7 Å². The summed E-state index contributed by atoms with van der Waals surface area (Å²) in [4.78, 5) is 58.8. The zero-order chi connectivity index (χ0) is 28.2. The van der Waals surface area contributed by atoms with Crippen molar-refractivity contribution in [1.29, 1.82) is 0 Å². The summed E-state index contributed by atoms with van der Waals surface area (Å²) in [7, 11) is 0. The molecule has 3 amide bonds. The summed E-state index contributed by atoms with van der Waals surface area (Å²) < 4.78 is 0. The first kappa shape index (κ1) is 27.8. The van der Waals surface area contributed by atoms with Crippen LogP contribution in [0, 0.1) is 5.92 Å². The lowest BCUT2D eigenvalue weighted by Crippen LogP contribution is -2.53. The molecule has 40 heavy (non-hydrogen) atoms. The van der Waals surface area contributed by atoms with Gasteiger partial charge in [-0.15, -0.1) is 0 Å². The molecule has 3 atom stereocenters. The smallest absolute Gasteiger partial charge is 0.251 e. The Balaban J connectivity index is 1.25. The fraction of sp³-hybridized carbons (Fsp3) is 0.484. The number of nitrogens with zero attached hydrogens (tertiary/aromatic N) is 3. The third kappa shape index (κ3) is 6.04. The first-order valence-corrected chi connectivity index (χ1v) is 14.3. The van der Waals surface area contributed by atoms with Crippen LogP contribution in [0.1, 0.15) is 42.6 Å². The molecule has 9 heteroatoms. The Bertz CT molecular complexity index is 1230. The Morgan fingerprint density at radius 3 is 2.33 bits per heavy atom. The molecule has 2 aromatic rings. The average Bonchev–Trinajstić information content (AvgIpc) is 3.54. The van der Waals surface area contributed by atoms with E-state index >= 15 is 0 Å². The van der Waals surface area contributed by atoms with Crippen LogP contribution in [0.5, 0.6) is 0 Å². The number of carbonyl (C=O) groups is 4. The summed E-state index contributed by atoms with van der Waals surface area (Å²) in [6, 6.07) is 15.2. The molecule has 0 saturated carbocycles. The summed E-state index contributed by atoms with van der Waals surface area (Å²) in [5.74, 6) is -0.615. The highest BCUT2D eigenvalue weighted by molar-refractivity contribution is 6.01. The number of Topliss-reactive ketones (excluding diaryl/α,β-unsaturated/α-hetero) is 1. The molecule has 0 aliphatic carbocycles. The molecule has 3 unspecified atom stereocenters. The second kappa shape index (κ2) is 12.2. The molecule has 0 radical (unpaired) electrons. The number of piperazine rings is 1. The van der Waals surface area contributed by atoms with E-state index in [1.807, 2.05) is 56.3 Å². The number of fused-ring (bicyclic) bond motifs is 1. The molecule has 0 spiro atoms. The van der Waals surface area contributed by atoms with Crippen LogP contribution in [-0.2, 0) is 20.8 Å². The van der Waals surface area contributed by atoms with Crippen LogP contribution in [-0.4, -0.2) is 90.7 Å². The molecule has 3 fully saturated rings. The molecule has 5 rings (SSSR count). The van der Waals surface area contributed by atoms with Gasteiger partial charge in [-0.05, 0) is 48.6 Å². The van der Waals surface area contributed by atoms with Crippen LogP contribution in [0.3, 0.4) is 0 Å². The van der Waals surface area contributed by atoms with E-state index in [4.69, 9.17) is 0 Å². The Morgan fingerprint density at radius 1 is 0.950 bits per heavy atom. The second-order valence-electron chi connectivity index (χ2n) is 11.4. The van der Waals surface area contributed by atoms with E-state index in [0.717, 1.165) is 37.4 Å². The third-order valence-electron chi connectivity index (χ3n) is 8.15. The standard InChI is InChI=1S/C31H39N5O4/c1-21(2)18-25(33-30(39)23-8-10-24(11-9-23)34-16-13-32-14-17-34)31(40)35-15-12-26-29(35)27(37)20-36(26)28(38)19-22-6-4-3-5-7-22/h3-11,21,25-26,29,32H,12-20H2,1-2H3,(H,33,39). The third-order valence-corrected chi connectivity index (χ3v) is 8.15. The van der Waals surface area contributed by atoms with Crippen LogP contribution >= 0.6 is 0 Å². The second-order valence-corrected chi connectivity index (χ2v) is 11.4. The molecule has 3 heterocycles. The van der Waals surface area contributed by atoms with E-state index in [9.17, 15) is 19.2 Å². The maximum Gasteiger partial charge on any atom is 0.251 e. The minimum atomic E-state index is -0.749. The maximum absolute atomic E-state index is 13.8. The lowest BCUT2D eigenvalue weighted by atomic mass is 10.0. The van der Waals surface area contributed by atoms with E-state index in [1.165, 1.54) is 0 Å². The Hall–Kier alpha value is -3.72. The zero-order valence-corrected chi connectivity index (χ0v) is 23.3. The predicted molar refractivity (Wildman–Crippen MR) is 153 cm³/mol. The van der Waals surface area contributed by atoms with E-state index in [2.05, 4.69) is 15.5 Å². The maximum atomic E-state index is 13.8. The van der Waals surface area contributed by atoms with Crippen molar-refractivity contribution < 1.29 is 19.2 Å². The van der Waals surface area contributed by atoms with Gasteiger partial charge in [0, 0.05) is 44.0 Å². The molecule has 0 aromatic heterocycles. The van der Waals surface area contributed by atoms with Crippen molar-refractivity contribution in [2.24, 2.45) is 5.92 Å².